The van der Waals surface area contributed by atoms with Gasteiger partial charge in [-0.2, -0.15) is 0 Å². The van der Waals surface area contributed by atoms with Crippen molar-refractivity contribution in [2.45, 2.75) is 107 Å². The number of aromatic nitrogens is 1. The van der Waals surface area contributed by atoms with E-state index < -0.39 is 68.2 Å². The molecule has 15 heteroatoms. The van der Waals surface area contributed by atoms with E-state index in [4.69, 9.17) is 9.47 Å². The van der Waals surface area contributed by atoms with Gasteiger partial charge in [-0.3, -0.25) is 19.1 Å². The van der Waals surface area contributed by atoms with Crippen molar-refractivity contribution in [3.63, 3.8) is 0 Å². The van der Waals surface area contributed by atoms with E-state index in [0.29, 0.717) is 50.0 Å². The van der Waals surface area contributed by atoms with Gasteiger partial charge in [-0.05, 0) is 75.0 Å². The maximum absolute atomic E-state index is 14.5. The Morgan fingerprint density at radius 3 is 2.69 bits per heavy atom. The number of rotatable bonds is 7. The lowest BCUT2D eigenvalue weighted by atomic mass is 9.85. The van der Waals surface area contributed by atoms with Crippen LogP contribution in [0.25, 0.3) is 10.8 Å². The first-order chi connectivity index (χ1) is 24.7. The number of sulfonamides is 1. The first kappa shape index (κ1) is 36.0. The van der Waals surface area contributed by atoms with Crippen LogP contribution in [0.4, 0.5) is 4.79 Å². The second kappa shape index (κ2) is 13.5. The van der Waals surface area contributed by atoms with Crippen molar-refractivity contribution < 1.29 is 42.2 Å². The van der Waals surface area contributed by atoms with Crippen LogP contribution in [0.2, 0.25) is 0 Å². The number of nitrogens with zero attached hydrogens (tertiary/aromatic N) is 2. The average molecular weight is 738 g/mol. The number of hydrogen-bond acceptors (Lipinski definition) is 9. The molecule has 0 spiro atoms. The van der Waals surface area contributed by atoms with Crippen LogP contribution < -0.4 is 24.8 Å². The fraction of sp³-hybridized carbons (Fsp3) is 0.595. The summed E-state index contributed by atoms with van der Waals surface area (Å²) in [5.41, 5.74) is -0.450. The summed E-state index contributed by atoms with van der Waals surface area (Å²) < 4.78 is 39.8. The number of fused-ring (bicyclic) bond motifs is 5. The monoisotopic (exact) mass is 737 g/mol. The Balaban J connectivity index is 1.22. The standard InChI is InChI=1S/C37H47N5O9S/c1-4-22-17-21(2)7-5-6-8-24-19-37(24,34(45)41-52(48,49)36(3)13-14-36)40-31(43)28-18-25(20-42(28)33(44)29(22)39-35(46)47)51-32-27-10-9-23-12-16-50-30(23)26(27)11-15-38-32/h6,8-11,15,21-22,24-25,28-29,39H,4-5,7,12-14,16-20H2,1-3H3,(H,40,43)(H,41,45)(H,46,47)/t21-,22+,24+,25+,28-,29-,37+/m0/s1. The number of benzene rings is 1. The summed E-state index contributed by atoms with van der Waals surface area (Å²) in [7, 11) is -4.00. The first-order valence-corrected chi connectivity index (χ1v) is 19.8. The summed E-state index contributed by atoms with van der Waals surface area (Å²) in [6.07, 6.45) is 7.74. The summed E-state index contributed by atoms with van der Waals surface area (Å²) in [6.45, 7) is 6.08. The summed E-state index contributed by atoms with van der Waals surface area (Å²) in [6, 6.07) is 3.45. The Labute approximate surface area is 303 Å². The smallest absolute Gasteiger partial charge is 0.405 e. The van der Waals surface area contributed by atoms with E-state index in [-0.39, 0.29) is 31.2 Å². The quantitative estimate of drug-likeness (QED) is 0.306. The third-order valence-electron chi connectivity index (χ3n) is 11.7. The lowest BCUT2D eigenvalue weighted by Gasteiger charge is -2.33. The average Bonchev–Trinajstić information content (AvgIpc) is 3.88. The highest BCUT2D eigenvalue weighted by molar-refractivity contribution is 7.91. The van der Waals surface area contributed by atoms with Gasteiger partial charge in [-0.15, -0.1) is 0 Å². The number of allylic oxidation sites excluding steroid dienone is 1. The molecule has 280 valence electrons. The van der Waals surface area contributed by atoms with E-state index in [1.807, 2.05) is 37.3 Å². The van der Waals surface area contributed by atoms with Crippen LogP contribution in [0.5, 0.6) is 11.6 Å². The molecule has 4 heterocycles. The zero-order chi connectivity index (χ0) is 37.0. The molecule has 0 unspecified atom stereocenters. The molecule has 4 amide bonds. The minimum Gasteiger partial charge on any atom is -0.492 e. The van der Waals surface area contributed by atoms with Gasteiger partial charge in [0.2, 0.25) is 27.7 Å². The third kappa shape index (κ3) is 6.67. The van der Waals surface area contributed by atoms with Gasteiger partial charge < -0.3 is 30.1 Å². The van der Waals surface area contributed by atoms with Gasteiger partial charge in [-0.1, -0.05) is 38.5 Å². The van der Waals surface area contributed by atoms with Crippen LogP contribution in [0, 0.1) is 17.8 Å². The fourth-order valence-corrected chi connectivity index (χ4v) is 9.39. The predicted molar refractivity (Wildman–Crippen MR) is 190 cm³/mol. The van der Waals surface area contributed by atoms with Gasteiger partial charge in [0.05, 0.1) is 17.9 Å². The number of pyridine rings is 1. The predicted octanol–water partition coefficient (Wildman–Crippen LogP) is 3.43. The molecule has 0 radical (unpaired) electrons. The van der Waals surface area contributed by atoms with Crippen LogP contribution in [-0.2, 0) is 30.8 Å². The first-order valence-electron chi connectivity index (χ1n) is 18.3. The fourth-order valence-electron chi connectivity index (χ4n) is 8.08. The Morgan fingerprint density at radius 1 is 1.17 bits per heavy atom. The molecule has 4 N–H and O–H groups in total. The zero-order valence-electron chi connectivity index (χ0n) is 29.7. The van der Waals surface area contributed by atoms with Gasteiger partial charge in [-0.25, -0.2) is 18.2 Å². The van der Waals surface area contributed by atoms with Crippen LogP contribution in [0.15, 0.2) is 36.5 Å². The molecule has 1 aromatic carbocycles. The van der Waals surface area contributed by atoms with Crippen molar-refractivity contribution in [2.75, 3.05) is 13.2 Å². The number of amides is 4. The molecule has 7 atom stereocenters. The molecule has 7 rings (SSSR count). The zero-order valence-corrected chi connectivity index (χ0v) is 30.5. The highest BCUT2D eigenvalue weighted by Crippen LogP contribution is 2.48. The lowest BCUT2D eigenvalue weighted by Crippen LogP contribution is -2.59. The topological polar surface area (TPSA) is 193 Å². The Bertz CT molecular complexity index is 1930. The molecular formula is C37H47N5O9S. The van der Waals surface area contributed by atoms with Crippen LogP contribution in [0.1, 0.15) is 77.7 Å². The van der Waals surface area contributed by atoms with Crippen molar-refractivity contribution in [2.24, 2.45) is 17.8 Å². The molecule has 1 aromatic heterocycles. The number of carbonyl (C=O) groups is 4. The molecular weight excluding hydrogens is 691 g/mol. The van der Waals surface area contributed by atoms with Gasteiger partial charge in [0, 0.05) is 35.7 Å². The summed E-state index contributed by atoms with van der Waals surface area (Å²) in [5.74, 6) is -1.61. The van der Waals surface area contributed by atoms with Crippen molar-refractivity contribution in [1.82, 2.24) is 25.2 Å². The van der Waals surface area contributed by atoms with Gasteiger partial charge in [0.15, 0.2) is 0 Å². The summed E-state index contributed by atoms with van der Waals surface area (Å²) in [4.78, 5) is 60.7. The molecule has 3 aliphatic heterocycles. The van der Waals surface area contributed by atoms with E-state index >= 15 is 0 Å². The maximum Gasteiger partial charge on any atom is 0.405 e. The molecule has 5 aliphatic rings. The Morgan fingerprint density at radius 2 is 1.96 bits per heavy atom. The Kier molecular flexibility index (Phi) is 9.37. The highest BCUT2D eigenvalue weighted by atomic mass is 32.2. The van der Waals surface area contributed by atoms with Crippen LogP contribution in [-0.4, -0.2) is 88.8 Å². The van der Waals surface area contributed by atoms with Crippen LogP contribution >= 0.6 is 0 Å². The Hall–Kier alpha value is -4.40. The number of carboxylic acid groups (broad SMARTS) is 1. The molecule has 2 aliphatic carbocycles. The molecule has 1 saturated heterocycles. The minimum absolute atomic E-state index is 0.0264. The van der Waals surface area contributed by atoms with Crippen molar-refractivity contribution in [1.29, 1.82) is 0 Å². The van der Waals surface area contributed by atoms with E-state index in [2.05, 4.69) is 27.3 Å². The number of ether oxygens (including phenoxy) is 2. The lowest BCUT2D eigenvalue weighted by molar-refractivity contribution is -0.142. The number of nitrogens with one attached hydrogen (secondary N) is 3. The van der Waals surface area contributed by atoms with Crippen molar-refractivity contribution in [3.05, 3.63) is 42.1 Å². The van der Waals surface area contributed by atoms with Crippen molar-refractivity contribution in [3.8, 4) is 11.6 Å². The second-order valence-electron chi connectivity index (χ2n) is 15.4. The van der Waals surface area contributed by atoms with E-state index in [1.165, 1.54) is 4.90 Å². The van der Waals surface area contributed by atoms with Gasteiger partial charge in [0.1, 0.15) is 29.5 Å². The largest absolute Gasteiger partial charge is 0.492 e. The maximum atomic E-state index is 14.5. The minimum atomic E-state index is -4.00. The van der Waals surface area contributed by atoms with Gasteiger partial charge >= 0.3 is 6.09 Å². The SMILES string of the molecule is CC[C@@H]1C[C@@H](C)CCC=C[C@@H]2C[C@@]2(C(=O)NS(=O)(=O)C2(C)CC2)NC(=O)[C@@H]2C[C@@H](Oc3nccc4c5c(ccc34)CCO5)CN2C(=O)[C@H]1NC(=O)O. The molecule has 0 bridgehead atoms. The molecule has 3 fully saturated rings. The number of carbonyl (C=O) groups excluding carboxylic acids is 3. The van der Waals surface area contributed by atoms with E-state index in [1.54, 1.807) is 13.1 Å². The third-order valence-corrected chi connectivity index (χ3v) is 13.9. The van der Waals surface area contributed by atoms with Crippen molar-refractivity contribution >= 4 is 44.6 Å². The normalized spacial score (nSPS) is 31.2. The van der Waals surface area contributed by atoms with E-state index in [9.17, 15) is 32.7 Å². The van der Waals surface area contributed by atoms with Crippen LogP contribution in [0.3, 0.4) is 0 Å². The molecule has 2 saturated carbocycles. The second-order valence-corrected chi connectivity index (χ2v) is 17.6. The number of hydrogen-bond donors (Lipinski definition) is 4. The molecule has 52 heavy (non-hydrogen) atoms. The van der Waals surface area contributed by atoms with E-state index in [0.717, 1.165) is 29.5 Å². The van der Waals surface area contributed by atoms with Gasteiger partial charge in [0.25, 0.3) is 5.91 Å². The summed E-state index contributed by atoms with van der Waals surface area (Å²) in [5, 5.41) is 16.7. The molecule has 14 nitrogen and oxygen atoms in total. The summed E-state index contributed by atoms with van der Waals surface area (Å²) >= 11 is 0. The molecule has 2 aromatic rings. The highest BCUT2D eigenvalue weighted by Gasteiger charge is 2.63.